The summed E-state index contributed by atoms with van der Waals surface area (Å²) in [5, 5.41) is 10.6. The van der Waals surface area contributed by atoms with E-state index in [9.17, 15) is 9.90 Å². The molecule has 1 aromatic heterocycles. The lowest BCUT2D eigenvalue weighted by Gasteiger charge is -2.48. The second kappa shape index (κ2) is 5.67. The molecule has 26 heavy (non-hydrogen) atoms. The summed E-state index contributed by atoms with van der Waals surface area (Å²) in [6, 6.07) is 7.95. The summed E-state index contributed by atoms with van der Waals surface area (Å²) >= 11 is 0. The van der Waals surface area contributed by atoms with Crippen LogP contribution >= 0.6 is 0 Å². The van der Waals surface area contributed by atoms with Crippen LogP contribution in [0.4, 0.5) is 0 Å². The third-order valence-corrected chi connectivity index (χ3v) is 7.55. The Morgan fingerprint density at radius 3 is 2.85 bits per heavy atom. The standard InChI is InChI=1S/C23H25NO2/c1-23-11-10-16-15-6-8-20(25)22(14-3-2-12-24-13-14)18(15)5-4-17(16)19(23)7-9-21(23)26/h2-3,6,8,12-13,16-17,19,25H,4-5,7,9-11H2,1H3/t16-,17-,19+,23+/m1/s1. The van der Waals surface area contributed by atoms with Crippen LogP contribution in [-0.2, 0) is 11.2 Å². The zero-order valence-corrected chi connectivity index (χ0v) is 15.2. The SMILES string of the molecule is C[C@]12CC[C@@H]3c4ccc(O)c(-c5cccnc5)c4CC[C@H]3[C@@H]1CCC2=O. The van der Waals surface area contributed by atoms with Crippen molar-refractivity contribution >= 4 is 5.78 Å². The largest absolute Gasteiger partial charge is 0.507 e. The van der Waals surface area contributed by atoms with E-state index in [-0.39, 0.29) is 5.41 Å². The molecule has 3 nitrogen and oxygen atoms in total. The molecule has 3 heteroatoms. The number of nitrogens with zero attached hydrogens (tertiary/aromatic N) is 1. The van der Waals surface area contributed by atoms with Crippen LogP contribution in [-0.4, -0.2) is 15.9 Å². The Labute approximate surface area is 154 Å². The molecule has 0 spiro atoms. The zero-order valence-electron chi connectivity index (χ0n) is 15.2. The van der Waals surface area contributed by atoms with Gasteiger partial charge in [-0.2, -0.15) is 0 Å². The predicted octanol–water partition coefficient (Wildman–Crippen LogP) is 4.88. The lowest BCUT2D eigenvalue weighted by atomic mass is 9.55. The van der Waals surface area contributed by atoms with E-state index in [0.29, 0.717) is 29.3 Å². The molecule has 2 aromatic rings. The van der Waals surface area contributed by atoms with Crippen molar-refractivity contribution in [3.8, 4) is 16.9 Å². The van der Waals surface area contributed by atoms with Gasteiger partial charge in [0, 0.05) is 35.4 Å². The van der Waals surface area contributed by atoms with Gasteiger partial charge in [-0.1, -0.05) is 19.1 Å². The first-order chi connectivity index (χ1) is 12.6. The van der Waals surface area contributed by atoms with Gasteiger partial charge >= 0.3 is 0 Å². The first kappa shape index (κ1) is 16.0. The number of benzene rings is 1. The molecular weight excluding hydrogens is 322 g/mol. The third-order valence-electron chi connectivity index (χ3n) is 7.55. The topological polar surface area (TPSA) is 50.2 Å². The van der Waals surface area contributed by atoms with Crippen molar-refractivity contribution in [3.05, 3.63) is 47.8 Å². The number of Topliss-reactive ketones (excluding diaryl/α,β-unsaturated/α-hetero) is 1. The minimum absolute atomic E-state index is 0.0816. The number of fused-ring (bicyclic) bond motifs is 5. The predicted molar refractivity (Wildman–Crippen MR) is 101 cm³/mol. The maximum Gasteiger partial charge on any atom is 0.139 e. The number of ketones is 1. The van der Waals surface area contributed by atoms with E-state index >= 15 is 0 Å². The molecular formula is C23H25NO2. The number of pyridine rings is 1. The maximum absolute atomic E-state index is 12.5. The first-order valence-electron chi connectivity index (χ1n) is 9.88. The molecule has 2 saturated carbocycles. The first-order valence-corrected chi connectivity index (χ1v) is 9.88. The van der Waals surface area contributed by atoms with Gasteiger partial charge in [-0.25, -0.2) is 0 Å². The number of aromatic nitrogens is 1. The number of rotatable bonds is 1. The van der Waals surface area contributed by atoms with E-state index in [0.717, 1.165) is 49.7 Å². The summed E-state index contributed by atoms with van der Waals surface area (Å²) < 4.78 is 0. The highest BCUT2D eigenvalue weighted by atomic mass is 16.3. The highest BCUT2D eigenvalue weighted by molar-refractivity contribution is 5.87. The second-order valence-corrected chi connectivity index (χ2v) is 8.60. The van der Waals surface area contributed by atoms with Crippen LogP contribution in [0.1, 0.15) is 56.1 Å². The van der Waals surface area contributed by atoms with Gasteiger partial charge in [-0.05, 0) is 73.1 Å². The van der Waals surface area contributed by atoms with Crippen molar-refractivity contribution in [3.63, 3.8) is 0 Å². The van der Waals surface area contributed by atoms with Gasteiger partial charge in [-0.3, -0.25) is 9.78 Å². The normalized spacial score (nSPS) is 32.7. The lowest BCUT2D eigenvalue weighted by molar-refractivity contribution is -0.129. The Bertz CT molecular complexity index is 875. The molecule has 0 amide bonds. The van der Waals surface area contributed by atoms with E-state index in [1.54, 1.807) is 6.20 Å². The lowest BCUT2D eigenvalue weighted by Crippen LogP contribution is -2.42. The van der Waals surface area contributed by atoms with Crippen molar-refractivity contribution in [1.82, 2.24) is 4.98 Å². The molecule has 3 aliphatic carbocycles. The molecule has 0 saturated heterocycles. The molecule has 1 heterocycles. The van der Waals surface area contributed by atoms with Gasteiger partial charge in [0.25, 0.3) is 0 Å². The number of phenolic OH excluding ortho intramolecular Hbond substituents is 1. The van der Waals surface area contributed by atoms with Crippen molar-refractivity contribution < 1.29 is 9.90 Å². The highest BCUT2D eigenvalue weighted by Gasteiger charge is 2.54. The number of hydrogen-bond acceptors (Lipinski definition) is 3. The van der Waals surface area contributed by atoms with Gasteiger partial charge in [0.15, 0.2) is 0 Å². The Morgan fingerprint density at radius 1 is 1.15 bits per heavy atom. The van der Waals surface area contributed by atoms with E-state index in [2.05, 4.69) is 18.0 Å². The van der Waals surface area contributed by atoms with Crippen LogP contribution in [0.3, 0.4) is 0 Å². The summed E-state index contributed by atoms with van der Waals surface area (Å²) in [7, 11) is 0. The van der Waals surface area contributed by atoms with Crippen LogP contribution in [0.15, 0.2) is 36.7 Å². The van der Waals surface area contributed by atoms with Crippen molar-refractivity contribution in [2.45, 2.75) is 51.4 Å². The smallest absolute Gasteiger partial charge is 0.139 e. The Morgan fingerprint density at radius 2 is 2.04 bits per heavy atom. The summed E-state index contributed by atoms with van der Waals surface area (Å²) in [5.41, 5.74) is 4.58. The molecule has 1 aromatic carbocycles. The number of aromatic hydroxyl groups is 1. The summed E-state index contributed by atoms with van der Waals surface area (Å²) in [6.45, 7) is 2.22. The fraction of sp³-hybridized carbons (Fsp3) is 0.478. The molecule has 134 valence electrons. The third kappa shape index (κ3) is 2.12. The molecule has 1 N–H and O–H groups in total. The zero-order chi connectivity index (χ0) is 17.9. The van der Waals surface area contributed by atoms with Gasteiger partial charge in [0.1, 0.15) is 11.5 Å². The quantitative estimate of drug-likeness (QED) is 0.800. The number of hydrogen-bond donors (Lipinski definition) is 1. The molecule has 5 rings (SSSR count). The number of carbonyl (C=O) groups excluding carboxylic acids is 1. The van der Waals surface area contributed by atoms with Gasteiger partial charge in [0.05, 0.1) is 0 Å². The Kier molecular flexibility index (Phi) is 3.50. The molecule has 0 unspecified atom stereocenters. The minimum atomic E-state index is -0.0816. The monoisotopic (exact) mass is 347 g/mol. The Balaban J connectivity index is 1.59. The minimum Gasteiger partial charge on any atom is -0.507 e. The summed E-state index contributed by atoms with van der Waals surface area (Å²) in [6.07, 6.45) is 9.67. The molecule has 0 aliphatic heterocycles. The molecule has 4 atom stereocenters. The summed E-state index contributed by atoms with van der Waals surface area (Å²) in [5.74, 6) is 2.52. The molecule has 2 fully saturated rings. The number of carbonyl (C=O) groups is 1. The molecule has 3 aliphatic rings. The van der Waals surface area contributed by atoms with E-state index in [1.807, 2.05) is 24.4 Å². The van der Waals surface area contributed by atoms with E-state index in [4.69, 9.17) is 0 Å². The van der Waals surface area contributed by atoms with Gasteiger partial charge in [0.2, 0.25) is 0 Å². The highest BCUT2D eigenvalue weighted by Crippen LogP contribution is 2.60. The fourth-order valence-electron chi connectivity index (χ4n) is 6.26. The average Bonchev–Trinajstić information content (AvgIpc) is 2.97. The Hall–Kier alpha value is -2.16. The van der Waals surface area contributed by atoms with E-state index in [1.165, 1.54) is 11.1 Å². The van der Waals surface area contributed by atoms with Crippen molar-refractivity contribution in [1.29, 1.82) is 0 Å². The van der Waals surface area contributed by atoms with Crippen LogP contribution in [0.25, 0.3) is 11.1 Å². The summed E-state index contributed by atoms with van der Waals surface area (Å²) in [4.78, 5) is 16.7. The van der Waals surface area contributed by atoms with Gasteiger partial charge < -0.3 is 5.11 Å². The van der Waals surface area contributed by atoms with Crippen LogP contribution in [0.5, 0.6) is 5.75 Å². The van der Waals surface area contributed by atoms with Crippen LogP contribution in [0, 0.1) is 17.3 Å². The van der Waals surface area contributed by atoms with Gasteiger partial charge in [-0.15, -0.1) is 0 Å². The average molecular weight is 347 g/mol. The molecule has 0 bridgehead atoms. The second-order valence-electron chi connectivity index (χ2n) is 8.60. The fourth-order valence-corrected chi connectivity index (χ4v) is 6.26. The molecule has 0 radical (unpaired) electrons. The van der Waals surface area contributed by atoms with Crippen LogP contribution in [0.2, 0.25) is 0 Å². The van der Waals surface area contributed by atoms with Crippen molar-refractivity contribution in [2.75, 3.05) is 0 Å². The van der Waals surface area contributed by atoms with E-state index < -0.39 is 0 Å². The van der Waals surface area contributed by atoms with Crippen LogP contribution < -0.4 is 0 Å². The maximum atomic E-state index is 12.5. The number of phenols is 1. The van der Waals surface area contributed by atoms with Crippen molar-refractivity contribution in [2.24, 2.45) is 17.3 Å².